The van der Waals surface area contributed by atoms with E-state index in [1.54, 1.807) is 31.2 Å². The molecule has 0 aliphatic carbocycles. The maximum absolute atomic E-state index is 12.7. The summed E-state index contributed by atoms with van der Waals surface area (Å²) >= 11 is 0. The van der Waals surface area contributed by atoms with Crippen LogP contribution in [-0.2, 0) is 9.53 Å². The third-order valence-electron chi connectivity index (χ3n) is 4.09. The van der Waals surface area contributed by atoms with Gasteiger partial charge in [-0.25, -0.2) is 0 Å². The fourth-order valence-corrected chi connectivity index (χ4v) is 2.65. The lowest BCUT2D eigenvalue weighted by Crippen LogP contribution is -2.30. The molecule has 0 spiro atoms. The number of nitro benzene ring substituents is 2. The molecule has 11 nitrogen and oxygen atoms in total. The molecule has 0 fully saturated rings. The van der Waals surface area contributed by atoms with Gasteiger partial charge in [-0.05, 0) is 24.6 Å². The van der Waals surface area contributed by atoms with E-state index >= 15 is 0 Å². The quantitative estimate of drug-likeness (QED) is 0.371. The van der Waals surface area contributed by atoms with Gasteiger partial charge in [-0.15, -0.1) is 0 Å². The van der Waals surface area contributed by atoms with Crippen LogP contribution in [0, 0.1) is 20.2 Å². The number of esters is 1. The zero-order valence-corrected chi connectivity index (χ0v) is 16.2. The van der Waals surface area contributed by atoms with Gasteiger partial charge in [0.15, 0.2) is 0 Å². The van der Waals surface area contributed by atoms with Gasteiger partial charge < -0.3 is 14.8 Å². The van der Waals surface area contributed by atoms with Crippen molar-refractivity contribution in [1.29, 1.82) is 0 Å². The maximum Gasteiger partial charge on any atom is 0.308 e. The van der Waals surface area contributed by atoms with Crippen LogP contribution in [0.2, 0.25) is 0 Å². The lowest BCUT2D eigenvalue weighted by Gasteiger charge is -2.19. The van der Waals surface area contributed by atoms with E-state index in [0.717, 1.165) is 18.2 Å². The summed E-state index contributed by atoms with van der Waals surface area (Å²) in [5, 5.41) is 24.7. The standard InChI is InChI=1S/C19H19N3O8/c1-3-30-18(23)11-17(12-4-6-16(29-2)7-5-12)20-19(24)13-8-14(21(25)26)10-15(9-13)22(27)28/h4-10,17H,3,11H2,1-2H3,(H,20,24)/t17-/m1/s1. The molecule has 2 rings (SSSR count). The number of non-ortho nitro benzene ring substituents is 2. The van der Waals surface area contributed by atoms with Gasteiger partial charge in [-0.3, -0.25) is 29.8 Å². The summed E-state index contributed by atoms with van der Waals surface area (Å²) in [7, 11) is 1.49. The number of benzene rings is 2. The maximum atomic E-state index is 12.7. The summed E-state index contributed by atoms with van der Waals surface area (Å²) in [6.07, 6.45) is -0.205. The Balaban J connectivity index is 2.36. The Morgan fingerprint density at radius 2 is 1.60 bits per heavy atom. The molecule has 11 heteroatoms. The summed E-state index contributed by atoms with van der Waals surface area (Å²) in [4.78, 5) is 45.1. The molecule has 30 heavy (non-hydrogen) atoms. The first kappa shape index (κ1) is 22.3. The second-order valence-electron chi connectivity index (χ2n) is 6.06. The van der Waals surface area contributed by atoms with Crippen LogP contribution >= 0.6 is 0 Å². The van der Waals surface area contributed by atoms with E-state index in [1.807, 2.05) is 0 Å². The van der Waals surface area contributed by atoms with E-state index in [2.05, 4.69) is 5.32 Å². The fourth-order valence-electron chi connectivity index (χ4n) is 2.65. The Kier molecular flexibility index (Phi) is 7.39. The predicted molar refractivity (Wildman–Crippen MR) is 104 cm³/mol. The zero-order chi connectivity index (χ0) is 22.3. The van der Waals surface area contributed by atoms with Crippen LogP contribution in [0.25, 0.3) is 0 Å². The molecule has 158 valence electrons. The minimum atomic E-state index is -0.833. The Hall–Kier alpha value is -4.02. The van der Waals surface area contributed by atoms with Crippen LogP contribution < -0.4 is 10.1 Å². The Bertz CT molecular complexity index is 927. The Labute approximate surface area is 170 Å². The SMILES string of the molecule is CCOC(=O)C[C@@H](NC(=O)c1cc([N+](=O)[O-])cc([N+](=O)[O-])c1)c1ccc(OC)cc1. The molecule has 0 unspecified atom stereocenters. The number of amides is 1. The van der Waals surface area contributed by atoms with Crippen molar-refractivity contribution in [3.05, 3.63) is 73.8 Å². The number of nitro groups is 2. The second-order valence-corrected chi connectivity index (χ2v) is 6.06. The average molecular weight is 417 g/mol. The average Bonchev–Trinajstić information content (AvgIpc) is 2.73. The predicted octanol–water partition coefficient (Wildman–Crippen LogP) is 2.94. The summed E-state index contributed by atoms with van der Waals surface area (Å²) in [5.74, 6) is -0.815. The number of rotatable bonds is 9. The molecular weight excluding hydrogens is 398 g/mol. The van der Waals surface area contributed by atoms with E-state index in [0.29, 0.717) is 11.3 Å². The number of hydrogen-bond donors (Lipinski definition) is 1. The van der Waals surface area contributed by atoms with Gasteiger partial charge >= 0.3 is 5.97 Å². The largest absolute Gasteiger partial charge is 0.497 e. The molecule has 1 N–H and O–H groups in total. The molecule has 0 bridgehead atoms. The normalized spacial score (nSPS) is 11.3. The number of hydrogen-bond acceptors (Lipinski definition) is 8. The monoisotopic (exact) mass is 417 g/mol. The molecule has 2 aromatic carbocycles. The number of carbonyl (C=O) groups excluding carboxylic acids is 2. The number of nitrogens with zero attached hydrogens (tertiary/aromatic N) is 2. The summed E-state index contributed by atoms with van der Waals surface area (Å²) in [6, 6.07) is 8.33. The molecule has 0 saturated heterocycles. The third kappa shape index (κ3) is 5.74. The van der Waals surface area contributed by atoms with Gasteiger partial charge in [-0.2, -0.15) is 0 Å². The molecule has 0 aliphatic rings. The van der Waals surface area contributed by atoms with Gasteiger partial charge in [0.2, 0.25) is 0 Å². The van der Waals surface area contributed by atoms with Crippen molar-refractivity contribution in [2.24, 2.45) is 0 Å². The van der Waals surface area contributed by atoms with Crippen molar-refractivity contribution >= 4 is 23.3 Å². The number of ether oxygens (including phenoxy) is 2. The topological polar surface area (TPSA) is 151 Å². The molecule has 0 saturated carbocycles. The van der Waals surface area contributed by atoms with Gasteiger partial charge in [0, 0.05) is 12.1 Å². The second kappa shape index (κ2) is 9.96. The Morgan fingerprint density at radius 3 is 2.07 bits per heavy atom. The number of nitrogens with one attached hydrogen (secondary N) is 1. The van der Waals surface area contributed by atoms with E-state index in [1.165, 1.54) is 7.11 Å². The van der Waals surface area contributed by atoms with Crippen LogP contribution in [0.3, 0.4) is 0 Å². The van der Waals surface area contributed by atoms with Crippen molar-refractivity contribution in [2.75, 3.05) is 13.7 Å². The van der Waals surface area contributed by atoms with Gasteiger partial charge in [-0.1, -0.05) is 12.1 Å². The lowest BCUT2D eigenvalue weighted by atomic mass is 10.0. The highest BCUT2D eigenvalue weighted by atomic mass is 16.6. The van der Waals surface area contributed by atoms with E-state index in [9.17, 15) is 29.8 Å². The first-order valence-corrected chi connectivity index (χ1v) is 8.79. The van der Waals surface area contributed by atoms with Crippen molar-refractivity contribution in [2.45, 2.75) is 19.4 Å². The summed E-state index contributed by atoms with van der Waals surface area (Å²) < 4.78 is 10.0. The molecule has 0 heterocycles. The van der Waals surface area contributed by atoms with Gasteiger partial charge in [0.25, 0.3) is 17.3 Å². The first-order valence-electron chi connectivity index (χ1n) is 8.79. The van der Waals surface area contributed by atoms with Crippen LogP contribution in [0.5, 0.6) is 5.75 Å². The molecule has 0 aliphatic heterocycles. The van der Waals surface area contributed by atoms with Crippen molar-refractivity contribution in [3.63, 3.8) is 0 Å². The van der Waals surface area contributed by atoms with E-state index < -0.39 is 39.1 Å². The highest BCUT2D eigenvalue weighted by Gasteiger charge is 2.24. The van der Waals surface area contributed by atoms with E-state index in [-0.39, 0.29) is 18.6 Å². The van der Waals surface area contributed by atoms with Crippen LogP contribution in [0.15, 0.2) is 42.5 Å². The number of carbonyl (C=O) groups is 2. The molecular formula is C19H19N3O8. The smallest absolute Gasteiger partial charge is 0.308 e. The van der Waals surface area contributed by atoms with Crippen LogP contribution in [0.1, 0.15) is 35.3 Å². The van der Waals surface area contributed by atoms with Crippen LogP contribution in [-0.4, -0.2) is 35.4 Å². The van der Waals surface area contributed by atoms with Crippen molar-refractivity contribution in [1.82, 2.24) is 5.32 Å². The van der Waals surface area contributed by atoms with E-state index in [4.69, 9.17) is 9.47 Å². The van der Waals surface area contributed by atoms with Crippen molar-refractivity contribution < 1.29 is 28.9 Å². The molecule has 0 radical (unpaired) electrons. The highest BCUT2D eigenvalue weighted by molar-refractivity contribution is 5.96. The zero-order valence-electron chi connectivity index (χ0n) is 16.2. The minimum Gasteiger partial charge on any atom is -0.497 e. The van der Waals surface area contributed by atoms with Crippen molar-refractivity contribution in [3.8, 4) is 5.75 Å². The third-order valence-corrected chi connectivity index (χ3v) is 4.09. The van der Waals surface area contributed by atoms with Crippen LogP contribution in [0.4, 0.5) is 11.4 Å². The Morgan fingerprint density at radius 1 is 1.03 bits per heavy atom. The molecule has 1 atom stereocenters. The summed E-state index contributed by atoms with van der Waals surface area (Å²) in [6.45, 7) is 1.79. The molecule has 1 amide bonds. The number of methoxy groups -OCH3 is 1. The highest BCUT2D eigenvalue weighted by Crippen LogP contribution is 2.25. The van der Waals surface area contributed by atoms with Gasteiger partial charge in [0.05, 0.1) is 47.7 Å². The summed E-state index contributed by atoms with van der Waals surface area (Å²) in [5.41, 5.74) is -0.920. The molecule has 2 aromatic rings. The first-order chi connectivity index (χ1) is 14.2. The minimum absolute atomic E-state index is 0.152. The fraction of sp³-hybridized carbons (Fsp3) is 0.263. The van der Waals surface area contributed by atoms with Gasteiger partial charge in [0.1, 0.15) is 5.75 Å². The lowest BCUT2D eigenvalue weighted by molar-refractivity contribution is -0.394. The molecule has 0 aromatic heterocycles.